The van der Waals surface area contributed by atoms with Gasteiger partial charge in [-0.3, -0.25) is 9.09 Å². The molecule has 0 bridgehead atoms. The summed E-state index contributed by atoms with van der Waals surface area (Å²) >= 11 is 0. The van der Waals surface area contributed by atoms with Crippen LogP contribution in [0, 0.1) is 5.82 Å². The lowest BCUT2D eigenvalue weighted by Crippen LogP contribution is -2.40. The van der Waals surface area contributed by atoms with E-state index >= 15 is 0 Å². The molecule has 2 aromatic heterocycles. The Balaban J connectivity index is 1.21. The Hall–Kier alpha value is -3.23. The molecule has 8 heteroatoms. The maximum absolute atomic E-state index is 13.5. The Labute approximate surface area is 184 Å². The Morgan fingerprint density at radius 2 is 1.94 bits per heavy atom. The monoisotopic (exact) mass is 436 g/mol. The zero-order valence-electron chi connectivity index (χ0n) is 17.6. The summed E-state index contributed by atoms with van der Waals surface area (Å²) in [5.41, 5.74) is 2.82. The second-order valence-corrected chi connectivity index (χ2v) is 8.41. The number of aliphatic hydroxyl groups is 1. The Bertz CT molecular complexity index is 1260. The van der Waals surface area contributed by atoms with Crippen LogP contribution in [0.5, 0.6) is 0 Å². The summed E-state index contributed by atoms with van der Waals surface area (Å²) in [6.07, 6.45) is 3.18. The van der Waals surface area contributed by atoms with E-state index in [1.165, 1.54) is 22.3 Å². The molecule has 1 saturated heterocycles. The van der Waals surface area contributed by atoms with Crippen molar-refractivity contribution in [2.24, 2.45) is 0 Å². The van der Waals surface area contributed by atoms with Crippen molar-refractivity contribution in [2.45, 2.75) is 31.4 Å². The van der Waals surface area contributed by atoms with Gasteiger partial charge in [0, 0.05) is 29.2 Å². The van der Waals surface area contributed by atoms with Crippen molar-refractivity contribution in [3.63, 3.8) is 0 Å². The van der Waals surface area contributed by atoms with E-state index in [2.05, 4.69) is 15.0 Å². The number of aliphatic hydroxyl groups excluding tert-OH is 1. The lowest BCUT2D eigenvalue weighted by molar-refractivity contribution is 0.0837. The maximum Gasteiger partial charge on any atom is 0.441 e. The number of fused-ring (bicyclic) bond motifs is 1. The Morgan fingerprint density at radius 3 is 2.72 bits per heavy atom. The number of β-amino-alcohol motifs (C(OH)–C–C–N with tert-alkyl or cyclic N) is 1. The summed E-state index contributed by atoms with van der Waals surface area (Å²) < 4.78 is 19.7. The molecule has 166 valence electrons. The van der Waals surface area contributed by atoms with Crippen molar-refractivity contribution in [3.8, 4) is 11.4 Å². The first kappa shape index (κ1) is 20.7. The molecule has 0 spiro atoms. The zero-order valence-corrected chi connectivity index (χ0v) is 17.6. The van der Waals surface area contributed by atoms with Gasteiger partial charge in [-0.05, 0) is 55.6 Å². The number of H-pyrrole nitrogens is 1. The molecule has 1 unspecified atom stereocenters. The maximum atomic E-state index is 13.5. The highest BCUT2D eigenvalue weighted by atomic mass is 19.1. The largest absolute Gasteiger partial charge is 0.441 e. The number of piperidine rings is 1. The van der Waals surface area contributed by atoms with Gasteiger partial charge < -0.3 is 15.0 Å². The van der Waals surface area contributed by atoms with Crippen LogP contribution in [0.15, 0.2) is 64.0 Å². The number of likely N-dealkylation sites (tertiary alicyclic amines) is 1. The van der Waals surface area contributed by atoms with Crippen LogP contribution in [0.25, 0.3) is 22.3 Å². The molecule has 2 aromatic carbocycles. The first-order valence-corrected chi connectivity index (χ1v) is 10.9. The topological polar surface area (TPSA) is 87.3 Å². The van der Waals surface area contributed by atoms with Crippen LogP contribution in [0.4, 0.5) is 4.39 Å². The van der Waals surface area contributed by atoms with Crippen molar-refractivity contribution >= 4 is 10.9 Å². The number of hydrogen-bond acceptors (Lipinski definition) is 5. The van der Waals surface area contributed by atoms with Crippen LogP contribution < -0.4 is 5.76 Å². The second kappa shape index (κ2) is 8.72. The predicted molar refractivity (Wildman–Crippen MR) is 119 cm³/mol. The molecule has 0 saturated carbocycles. The standard InChI is InChI=1S/C24H25FN4O3/c25-18-6-7-20-21(13-26-22(20)12-18)16-8-10-28(11-9-16)14-19(30)15-29-23(27-32-24(29)31)17-4-2-1-3-5-17/h1-7,12-13,16,19,26,30H,8-11,14-15H2. The average molecular weight is 436 g/mol. The number of halogens is 1. The van der Waals surface area contributed by atoms with Crippen LogP contribution in [0.3, 0.4) is 0 Å². The van der Waals surface area contributed by atoms with Gasteiger partial charge in [-0.1, -0.05) is 35.5 Å². The van der Waals surface area contributed by atoms with Gasteiger partial charge in [-0.2, -0.15) is 0 Å². The molecule has 4 aromatic rings. The summed E-state index contributed by atoms with van der Waals surface area (Å²) in [7, 11) is 0. The summed E-state index contributed by atoms with van der Waals surface area (Å²) in [5, 5.41) is 15.6. The Morgan fingerprint density at radius 1 is 1.16 bits per heavy atom. The first-order valence-electron chi connectivity index (χ1n) is 10.9. The number of aromatic nitrogens is 3. The summed E-state index contributed by atoms with van der Waals surface area (Å²) in [5.74, 6) is 0.00607. The van der Waals surface area contributed by atoms with Crippen LogP contribution in [-0.4, -0.2) is 50.5 Å². The fourth-order valence-corrected chi connectivity index (χ4v) is 4.68. The molecule has 7 nitrogen and oxygen atoms in total. The van der Waals surface area contributed by atoms with Gasteiger partial charge in [0.05, 0.1) is 12.6 Å². The van der Waals surface area contributed by atoms with E-state index in [0.29, 0.717) is 18.3 Å². The van der Waals surface area contributed by atoms with E-state index in [4.69, 9.17) is 4.52 Å². The highest BCUT2D eigenvalue weighted by Crippen LogP contribution is 2.33. The van der Waals surface area contributed by atoms with Gasteiger partial charge >= 0.3 is 5.76 Å². The molecule has 2 N–H and O–H groups in total. The van der Waals surface area contributed by atoms with E-state index < -0.39 is 11.9 Å². The van der Waals surface area contributed by atoms with Gasteiger partial charge in [0.1, 0.15) is 5.82 Å². The smallest absolute Gasteiger partial charge is 0.390 e. The number of nitrogens with zero attached hydrogens (tertiary/aromatic N) is 3. The zero-order chi connectivity index (χ0) is 22.1. The van der Waals surface area contributed by atoms with E-state index in [9.17, 15) is 14.3 Å². The van der Waals surface area contributed by atoms with Crippen molar-refractivity contribution in [2.75, 3.05) is 19.6 Å². The fourth-order valence-electron chi connectivity index (χ4n) is 4.68. The minimum atomic E-state index is -0.720. The minimum Gasteiger partial charge on any atom is -0.390 e. The summed E-state index contributed by atoms with van der Waals surface area (Å²) in [4.78, 5) is 17.5. The lowest BCUT2D eigenvalue weighted by atomic mass is 9.89. The van der Waals surface area contributed by atoms with E-state index in [1.54, 1.807) is 0 Å². The SMILES string of the molecule is O=c1onc(-c2ccccc2)n1CC(O)CN1CCC(c2c[nH]c3cc(F)ccc23)CC1. The van der Waals surface area contributed by atoms with E-state index in [0.717, 1.165) is 42.4 Å². The van der Waals surface area contributed by atoms with Crippen molar-refractivity contribution in [3.05, 3.63) is 76.7 Å². The number of rotatable bonds is 6. The molecule has 0 amide bonds. The molecule has 1 fully saturated rings. The third-order valence-electron chi connectivity index (χ3n) is 6.28. The quantitative estimate of drug-likeness (QED) is 0.484. The number of nitrogens with one attached hydrogen (secondary N) is 1. The highest BCUT2D eigenvalue weighted by Gasteiger charge is 2.25. The van der Waals surface area contributed by atoms with Crippen molar-refractivity contribution in [1.82, 2.24) is 19.6 Å². The molecule has 0 radical (unpaired) electrons. The second-order valence-electron chi connectivity index (χ2n) is 8.41. The van der Waals surface area contributed by atoms with Gasteiger partial charge in [0.15, 0.2) is 5.82 Å². The Kier molecular flexibility index (Phi) is 5.63. The molecule has 0 aliphatic carbocycles. The molecular formula is C24H25FN4O3. The number of aromatic amines is 1. The van der Waals surface area contributed by atoms with Gasteiger partial charge in [0.2, 0.25) is 0 Å². The predicted octanol–water partition coefficient (Wildman–Crippen LogP) is 3.36. The summed E-state index contributed by atoms with van der Waals surface area (Å²) in [6.45, 7) is 2.29. The third kappa shape index (κ3) is 4.11. The van der Waals surface area contributed by atoms with Gasteiger partial charge in [-0.25, -0.2) is 9.18 Å². The van der Waals surface area contributed by atoms with Crippen LogP contribution in [0.2, 0.25) is 0 Å². The van der Waals surface area contributed by atoms with E-state index in [1.807, 2.05) is 42.6 Å². The first-order chi connectivity index (χ1) is 15.6. The highest BCUT2D eigenvalue weighted by molar-refractivity contribution is 5.83. The average Bonchev–Trinajstić information content (AvgIpc) is 3.38. The normalized spacial score (nSPS) is 16.6. The van der Waals surface area contributed by atoms with Crippen LogP contribution in [-0.2, 0) is 6.54 Å². The lowest BCUT2D eigenvalue weighted by Gasteiger charge is -2.33. The van der Waals surface area contributed by atoms with Crippen LogP contribution >= 0.6 is 0 Å². The fraction of sp³-hybridized carbons (Fsp3) is 0.333. The summed E-state index contributed by atoms with van der Waals surface area (Å²) in [6, 6.07) is 14.2. The molecule has 1 atom stereocenters. The van der Waals surface area contributed by atoms with Crippen molar-refractivity contribution in [1.29, 1.82) is 0 Å². The molecule has 32 heavy (non-hydrogen) atoms. The van der Waals surface area contributed by atoms with Crippen LogP contribution in [0.1, 0.15) is 24.3 Å². The molecular weight excluding hydrogens is 411 g/mol. The molecule has 1 aliphatic rings. The van der Waals surface area contributed by atoms with Gasteiger partial charge in [0.25, 0.3) is 0 Å². The number of hydrogen-bond donors (Lipinski definition) is 2. The number of benzene rings is 2. The van der Waals surface area contributed by atoms with Crippen molar-refractivity contribution < 1.29 is 14.0 Å². The molecule has 3 heterocycles. The van der Waals surface area contributed by atoms with Gasteiger partial charge in [-0.15, -0.1) is 0 Å². The van der Waals surface area contributed by atoms with E-state index in [-0.39, 0.29) is 12.4 Å². The minimum absolute atomic E-state index is 0.125. The molecule has 5 rings (SSSR count). The third-order valence-corrected chi connectivity index (χ3v) is 6.28. The molecule has 1 aliphatic heterocycles.